The zero-order chi connectivity index (χ0) is 18.5. The van der Waals surface area contributed by atoms with E-state index in [1.165, 1.54) is 11.8 Å². The fourth-order valence-electron chi connectivity index (χ4n) is 2.29. The number of carbonyl (C=O) groups excluding carboxylic acids is 1. The molecule has 8 heteroatoms. The summed E-state index contributed by atoms with van der Waals surface area (Å²) < 4.78 is 8.01. The van der Waals surface area contributed by atoms with Crippen molar-refractivity contribution in [3.63, 3.8) is 0 Å². The molecule has 1 heterocycles. The second kappa shape index (κ2) is 8.37. The van der Waals surface area contributed by atoms with Crippen LogP contribution in [0.1, 0.15) is 0 Å². The van der Waals surface area contributed by atoms with E-state index in [1.807, 2.05) is 60.1 Å². The standard InChI is InChI=1S/C18H17BrN4O2S/c1-23-17(12-3-9-15(25-2)10-4-12)21-22-18(23)26-11-16(24)20-14-7-5-13(19)6-8-14/h3-10H,11H2,1-2H3,(H,20,24). The van der Waals surface area contributed by atoms with Crippen LogP contribution in [0.25, 0.3) is 11.4 Å². The number of methoxy groups -OCH3 is 1. The monoisotopic (exact) mass is 432 g/mol. The van der Waals surface area contributed by atoms with Crippen LogP contribution < -0.4 is 10.1 Å². The van der Waals surface area contributed by atoms with Gasteiger partial charge in [0.2, 0.25) is 5.91 Å². The van der Waals surface area contributed by atoms with Crippen molar-refractivity contribution in [2.24, 2.45) is 7.05 Å². The molecule has 134 valence electrons. The molecule has 0 bridgehead atoms. The third-order valence-electron chi connectivity index (χ3n) is 3.64. The van der Waals surface area contributed by atoms with Crippen molar-refractivity contribution in [1.82, 2.24) is 14.8 Å². The number of nitrogens with zero attached hydrogens (tertiary/aromatic N) is 3. The maximum atomic E-state index is 12.1. The molecule has 6 nitrogen and oxygen atoms in total. The van der Waals surface area contributed by atoms with E-state index in [0.29, 0.717) is 5.16 Å². The van der Waals surface area contributed by atoms with Crippen molar-refractivity contribution in [2.75, 3.05) is 18.2 Å². The van der Waals surface area contributed by atoms with Crippen molar-refractivity contribution in [1.29, 1.82) is 0 Å². The Morgan fingerprint density at radius 2 is 1.85 bits per heavy atom. The van der Waals surface area contributed by atoms with Crippen LogP contribution in [0.5, 0.6) is 5.75 Å². The molecule has 0 fully saturated rings. The first-order chi connectivity index (χ1) is 12.6. The number of carbonyl (C=O) groups is 1. The minimum Gasteiger partial charge on any atom is -0.497 e. The molecule has 0 unspecified atom stereocenters. The van der Waals surface area contributed by atoms with Gasteiger partial charge in [0.05, 0.1) is 12.9 Å². The van der Waals surface area contributed by atoms with E-state index < -0.39 is 0 Å². The highest BCUT2D eigenvalue weighted by Gasteiger charge is 2.13. The number of rotatable bonds is 6. The molecule has 2 aromatic carbocycles. The lowest BCUT2D eigenvalue weighted by Crippen LogP contribution is -2.14. The third kappa shape index (κ3) is 4.44. The van der Waals surface area contributed by atoms with Gasteiger partial charge in [0.15, 0.2) is 11.0 Å². The van der Waals surface area contributed by atoms with Gasteiger partial charge in [-0.15, -0.1) is 10.2 Å². The average Bonchev–Trinajstić information content (AvgIpc) is 3.02. The Balaban J connectivity index is 1.62. The van der Waals surface area contributed by atoms with Crippen LogP contribution in [0, 0.1) is 0 Å². The molecule has 1 N–H and O–H groups in total. The lowest BCUT2D eigenvalue weighted by Gasteiger charge is -2.06. The van der Waals surface area contributed by atoms with Gasteiger partial charge in [0, 0.05) is 22.8 Å². The Bertz CT molecular complexity index is 895. The summed E-state index contributed by atoms with van der Waals surface area (Å²) in [5.41, 5.74) is 1.70. The van der Waals surface area contributed by atoms with Gasteiger partial charge < -0.3 is 14.6 Å². The number of halogens is 1. The Morgan fingerprint density at radius 1 is 1.15 bits per heavy atom. The second-order valence-electron chi connectivity index (χ2n) is 5.44. The molecule has 0 saturated carbocycles. The molecule has 1 aromatic heterocycles. The van der Waals surface area contributed by atoms with Crippen molar-refractivity contribution >= 4 is 39.3 Å². The highest BCUT2D eigenvalue weighted by Crippen LogP contribution is 2.24. The maximum Gasteiger partial charge on any atom is 0.234 e. The fraction of sp³-hybridized carbons (Fsp3) is 0.167. The number of hydrogen-bond donors (Lipinski definition) is 1. The van der Waals surface area contributed by atoms with E-state index in [9.17, 15) is 4.79 Å². The molecular weight excluding hydrogens is 416 g/mol. The number of thioether (sulfide) groups is 1. The lowest BCUT2D eigenvalue weighted by atomic mass is 10.2. The summed E-state index contributed by atoms with van der Waals surface area (Å²) in [6.45, 7) is 0. The normalized spacial score (nSPS) is 10.6. The zero-order valence-corrected chi connectivity index (χ0v) is 16.7. The summed E-state index contributed by atoms with van der Waals surface area (Å²) in [6.07, 6.45) is 0. The fourth-order valence-corrected chi connectivity index (χ4v) is 3.27. The van der Waals surface area contributed by atoms with Crippen LogP contribution in [-0.4, -0.2) is 33.5 Å². The van der Waals surface area contributed by atoms with Gasteiger partial charge >= 0.3 is 0 Å². The van der Waals surface area contributed by atoms with Gasteiger partial charge in [-0.1, -0.05) is 27.7 Å². The quantitative estimate of drug-likeness (QED) is 0.596. The van der Waals surface area contributed by atoms with Gasteiger partial charge in [-0.05, 0) is 48.5 Å². The van der Waals surface area contributed by atoms with Crippen LogP contribution in [0.4, 0.5) is 5.69 Å². The molecule has 0 aliphatic rings. The predicted molar refractivity (Wildman–Crippen MR) is 106 cm³/mol. The van der Waals surface area contributed by atoms with Crippen molar-refractivity contribution in [3.05, 3.63) is 53.0 Å². The number of hydrogen-bond acceptors (Lipinski definition) is 5. The average molecular weight is 433 g/mol. The van der Waals surface area contributed by atoms with Crippen LogP contribution >= 0.6 is 27.7 Å². The number of ether oxygens (including phenoxy) is 1. The van der Waals surface area contributed by atoms with Gasteiger partial charge in [-0.3, -0.25) is 4.79 Å². The summed E-state index contributed by atoms with van der Waals surface area (Å²) in [7, 11) is 3.51. The largest absolute Gasteiger partial charge is 0.497 e. The summed E-state index contributed by atoms with van der Waals surface area (Å²) in [4.78, 5) is 12.1. The number of nitrogens with one attached hydrogen (secondary N) is 1. The topological polar surface area (TPSA) is 69.0 Å². The number of aromatic nitrogens is 3. The number of anilines is 1. The summed E-state index contributed by atoms with van der Waals surface area (Å²) in [5.74, 6) is 1.69. The molecular formula is C18H17BrN4O2S. The van der Waals surface area contributed by atoms with Gasteiger partial charge in [-0.25, -0.2) is 0 Å². The summed E-state index contributed by atoms with van der Waals surface area (Å²) >= 11 is 4.71. The molecule has 3 aromatic rings. The molecule has 3 rings (SSSR count). The Morgan fingerprint density at radius 3 is 2.50 bits per heavy atom. The molecule has 0 saturated heterocycles. The highest BCUT2D eigenvalue weighted by molar-refractivity contribution is 9.10. The Labute approximate surface area is 164 Å². The Hall–Kier alpha value is -2.32. The molecule has 0 aliphatic heterocycles. The first-order valence-corrected chi connectivity index (χ1v) is 9.56. The predicted octanol–water partition coefficient (Wildman–Crippen LogP) is 3.98. The van der Waals surface area contributed by atoms with E-state index in [4.69, 9.17) is 4.74 Å². The highest BCUT2D eigenvalue weighted by atomic mass is 79.9. The first kappa shape index (κ1) is 18.5. The minimum absolute atomic E-state index is 0.0914. The third-order valence-corrected chi connectivity index (χ3v) is 5.19. The number of benzene rings is 2. The van der Waals surface area contributed by atoms with Crippen molar-refractivity contribution in [3.8, 4) is 17.1 Å². The SMILES string of the molecule is COc1ccc(-c2nnc(SCC(=O)Nc3ccc(Br)cc3)n2C)cc1. The van der Waals surface area contributed by atoms with Crippen LogP contribution in [0.3, 0.4) is 0 Å². The lowest BCUT2D eigenvalue weighted by molar-refractivity contribution is -0.113. The molecule has 0 radical (unpaired) electrons. The van der Waals surface area contributed by atoms with Crippen LogP contribution in [0.15, 0.2) is 58.2 Å². The molecule has 0 spiro atoms. The smallest absolute Gasteiger partial charge is 0.234 e. The second-order valence-corrected chi connectivity index (χ2v) is 7.30. The molecule has 0 atom stereocenters. The van der Waals surface area contributed by atoms with E-state index in [2.05, 4.69) is 31.4 Å². The summed E-state index contributed by atoms with van der Waals surface area (Å²) in [5, 5.41) is 12.0. The van der Waals surface area contributed by atoms with Gasteiger partial charge in [0.1, 0.15) is 5.75 Å². The van der Waals surface area contributed by atoms with E-state index in [1.54, 1.807) is 7.11 Å². The van der Waals surface area contributed by atoms with E-state index in [-0.39, 0.29) is 11.7 Å². The molecule has 1 amide bonds. The minimum atomic E-state index is -0.0914. The van der Waals surface area contributed by atoms with E-state index >= 15 is 0 Å². The summed E-state index contributed by atoms with van der Waals surface area (Å²) in [6, 6.07) is 15.1. The van der Waals surface area contributed by atoms with Gasteiger partial charge in [-0.2, -0.15) is 0 Å². The van der Waals surface area contributed by atoms with Gasteiger partial charge in [0.25, 0.3) is 0 Å². The van der Waals surface area contributed by atoms with E-state index in [0.717, 1.165) is 27.3 Å². The Kier molecular flexibility index (Phi) is 5.95. The molecule has 26 heavy (non-hydrogen) atoms. The number of amides is 1. The van der Waals surface area contributed by atoms with Crippen LogP contribution in [-0.2, 0) is 11.8 Å². The van der Waals surface area contributed by atoms with Crippen molar-refractivity contribution in [2.45, 2.75) is 5.16 Å². The first-order valence-electron chi connectivity index (χ1n) is 7.79. The maximum absolute atomic E-state index is 12.1. The van der Waals surface area contributed by atoms with Crippen LogP contribution in [0.2, 0.25) is 0 Å². The van der Waals surface area contributed by atoms with Crippen molar-refractivity contribution < 1.29 is 9.53 Å². The molecule has 0 aliphatic carbocycles. The zero-order valence-electron chi connectivity index (χ0n) is 14.3.